The van der Waals surface area contributed by atoms with Gasteiger partial charge in [-0.05, 0) is 55.8 Å². The van der Waals surface area contributed by atoms with E-state index < -0.39 is 0 Å². The lowest BCUT2D eigenvalue weighted by atomic mass is 9.70. The Bertz CT molecular complexity index is 203. The van der Waals surface area contributed by atoms with Gasteiger partial charge in [-0.25, -0.2) is 0 Å². The predicted molar refractivity (Wildman–Crippen MR) is 75.0 cm³/mol. The molecule has 4 unspecified atom stereocenters. The fourth-order valence-corrected chi connectivity index (χ4v) is 4.96. The number of alkyl halides is 1. The van der Waals surface area contributed by atoms with Crippen molar-refractivity contribution in [2.75, 3.05) is 0 Å². The molecular weight excluding hydrogens is 260 g/mol. The quantitative estimate of drug-likeness (QED) is 0.447. The normalized spacial score (nSPS) is 46.3. The second-order valence-corrected chi connectivity index (χ2v) is 7.85. The standard InChI is InChI=1S/C15H27Br/c1-11-7-12(2)9-14(8-11)13-5-3-4-6-15(16)10-13/h11-15H,3-10H2,1-2H3. The average Bonchev–Trinajstić information content (AvgIpc) is 2.41. The lowest BCUT2D eigenvalue weighted by molar-refractivity contribution is 0.150. The molecule has 2 saturated carbocycles. The minimum absolute atomic E-state index is 0.813. The topological polar surface area (TPSA) is 0 Å². The highest BCUT2D eigenvalue weighted by Crippen LogP contribution is 2.42. The lowest BCUT2D eigenvalue weighted by Crippen LogP contribution is -2.26. The third kappa shape index (κ3) is 3.48. The molecule has 0 aromatic rings. The SMILES string of the molecule is CC1CC(C)CC(C2CCCCC(Br)C2)C1. The van der Waals surface area contributed by atoms with E-state index >= 15 is 0 Å². The molecule has 2 aliphatic rings. The molecule has 0 aliphatic heterocycles. The summed E-state index contributed by atoms with van der Waals surface area (Å²) in [6.07, 6.45) is 11.8. The zero-order valence-corrected chi connectivity index (χ0v) is 12.5. The van der Waals surface area contributed by atoms with Gasteiger partial charge in [0, 0.05) is 4.83 Å². The van der Waals surface area contributed by atoms with E-state index in [1.54, 1.807) is 0 Å². The van der Waals surface area contributed by atoms with Crippen molar-refractivity contribution in [1.82, 2.24) is 0 Å². The molecule has 0 spiro atoms. The van der Waals surface area contributed by atoms with E-state index in [9.17, 15) is 0 Å². The van der Waals surface area contributed by atoms with Crippen LogP contribution in [0.1, 0.15) is 65.2 Å². The van der Waals surface area contributed by atoms with Crippen molar-refractivity contribution in [2.24, 2.45) is 23.7 Å². The van der Waals surface area contributed by atoms with Crippen LogP contribution in [0.4, 0.5) is 0 Å². The Morgan fingerprint density at radius 3 is 2.06 bits per heavy atom. The zero-order valence-electron chi connectivity index (χ0n) is 10.9. The van der Waals surface area contributed by atoms with E-state index in [0.29, 0.717) is 0 Å². The fraction of sp³-hybridized carbons (Fsp3) is 1.00. The van der Waals surface area contributed by atoms with Gasteiger partial charge in [-0.2, -0.15) is 0 Å². The summed E-state index contributed by atoms with van der Waals surface area (Å²) in [5, 5.41) is 0. The summed E-state index contributed by atoms with van der Waals surface area (Å²) in [4.78, 5) is 0.813. The fourth-order valence-electron chi connectivity index (χ4n) is 4.16. The molecular formula is C15H27Br. The first-order chi connectivity index (χ1) is 7.65. The van der Waals surface area contributed by atoms with Crippen LogP contribution in [-0.2, 0) is 0 Å². The van der Waals surface area contributed by atoms with Gasteiger partial charge in [0.2, 0.25) is 0 Å². The third-order valence-electron chi connectivity index (χ3n) is 4.78. The summed E-state index contributed by atoms with van der Waals surface area (Å²) in [6.45, 7) is 4.93. The summed E-state index contributed by atoms with van der Waals surface area (Å²) in [5.41, 5.74) is 0. The summed E-state index contributed by atoms with van der Waals surface area (Å²) >= 11 is 3.88. The van der Waals surface area contributed by atoms with Crippen molar-refractivity contribution >= 4 is 15.9 Å². The highest BCUT2D eigenvalue weighted by Gasteiger charge is 2.31. The molecule has 0 aromatic carbocycles. The van der Waals surface area contributed by atoms with Crippen molar-refractivity contribution in [1.29, 1.82) is 0 Å². The first-order valence-corrected chi connectivity index (χ1v) is 8.20. The Kier molecular flexibility index (Phi) is 4.76. The molecule has 0 heterocycles. The molecule has 2 aliphatic carbocycles. The van der Waals surface area contributed by atoms with Gasteiger partial charge in [0.25, 0.3) is 0 Å². The molecule has 0 aromatic heterocycles. The maximum Gasteiger partial charge on any atom is 0.0148 e. The highest BCUT2D eigenvalue weighted by atomic mass is 79.9. The van der Waals surface area contributed by atoms with Crippen LogP contribution >= 0.6 is 15.9 Å². The van der Waals surface area contributed by atoms with Crippen molar-refractivity contribution in [2.45, 2.75) is 70.0 Å². The maximum atomic E-state index is 3.88. The molecule has 4 atom stereocenters. The Balaban J connectivity index is 1.93. The molecule has 0 amide bonds. The summed E-state index contributed by atoms with van der Waals surface area (Å²) in [6, 6.07) is 0. The molecule has 1 heteroatoms. The van der Waals surface area contributed by atoms with Gasteiger partial charge < -0.3 is 0 Å². The van der Waals surface area contributed by atoms with Crippen LogP contribution in [0.3, 0.4) is 0 Å². The van der Waals surface area contributed by atoms with Gasteiger partial charge in [-0.15, -0.1) is 0 Å². The summed E-state index contributed by atoms with van der Waals surface area (Å²) < 4.78 is 0. The maximum absolute atomic E-state index is 3.88. The van der Waals surface area contributed by atoms with E-state index in [0.717, 1.165) is 28.5 Å². The number of hydrogen-bond acceptors (Lipinski definition) is 0. The second kappa shape index (κ2) is 5.89. The molecule has 94 valence electrons. The molecule has 0 saturated heterocycles. The van der Waals surface area contributed by atoms with Gasteiger partial charge >= 0.3 is 0 Å². The molecule has 16 heavy (non-hydrogen) atoms. The zero-order chi connectivity index (χ0) is 11.5. The van der Waals surface area contributed by atoms with Crippen molar-refractivity contribution < 1.29 is 0 Å². The van der Waals surface area contributed by atoms with Crippen LogP contribution < -0.4 is 0 Å². The molecule has 2 rings (SSSR count). The van der Waals surface area contributed by atoms with Crippen LogP contribution in [0, 0.1) is 23.7 Å². The highest BCUT2D eigenvalue weighted by molar-refractivity contribution is 9.09. The van der Waals surface area contributed by atoms with Crippen LogP contribution in [0.5, 0.6) is 0 Å². The van der Waals surface area contributed by atoms with E-state index in [4.69, 9.17) is 0 Å². The van der Waals surface area contributed by atoms with E-state index in [-0.39, 0.29) is 0 Å². The van der Waals surface area contributed by atoms with Crippen LogP contribution in [0.2, 0.25) is 0 Å². The minimum atomic E-state index is 0.813. The molecule has 0 radical (unpaired) electrons. The van der Waals surface area contributed by atoms with E-state index in [2.05, 4.69) is 29.8 Å². The van der Waals surface area contributed by atoms with E-state index in [1.807, 2.05) is 0 Å². The van der Waals surface area contributed by atoms with E-state index in [1.165, 1.54) is 51.4 Å². The molecule has 2 fully saturated rings. The Morgan fingerprint density at radius 2 is 1.38 bits per heavy atom. The van der Waals surface area contributed by atoms with Crippen molar-refractivity contribution in [3.05, 3.63) is 0 Å². The van der Waals surface area contributed by atoms with Crippen LogP contribution in [0.15, 0.2) is 0 Å². The number of hydrogen-bond donors (Lipinski definition) is 0. The molecule has 0 nitrogen and oxygen atoms in total. The smallest absolute Gasteiger partial charge is 0.0148 e. The van der Waals surface area contributed by atoms with Gasteiger partial charge in [0.15, 0.2) is 0 Å². The summed E-state index contributed by atoms with van der Waals surface area (Å²) in [5.74, 6) is 4.02. The van der Waals surface area contributed by atoms with Crippen LogP contribution in [-0.4, -0.2) is 4.83 Å². The van der Waals surface area contributed by atoms with Crippen molar-refractivity contribution in [3.63, 3.8) is 0 Å². The largest absolute Gasteiger partial charge is 0.0891 e. The van der Waals surface area contributed by atoms with Gasteiger partial charge in [0.1, 0.15) is 0 Å². The monoisotopic (exact) mass is 286 g/mol. The predicted octanol–water partition coefficient (Wildman–Crippen LogP) is 5.40. The van der Waals surface area contributed by atoms with Crippen LogP contribution in [0.25, 0.3) is 0 Å². The number of halogens is 1. The molecule has 0 bridgehead atoms. The van der Waals surface area contributed by atoms with Gasteiger partial charge in [0.05, 0.1) is 0 Å². The Hall–Kier alpha value is 0.480. The first-order valence-electron chi connectivity index (χ1n) is 7.29. The lowest BCUT2D eigenvalue weighted by Gasteiger charge is -2.36. The van der Waals surface area contributed by atoms with Gasteiger partial charge in [-0.1, -0.05) is 49.0 Å². The second-order valence-electron chi connectivity index (χ2n) is 6.56. The Labute approximate surface area is 110 Å². The minimum Gasteiger partial charge on any atom is -0.0891 e. The van der Waals surface area contributed by atoms with Gasteiger partial charge in [-0.3, -0.25) is 0 Å². The number of rotatable bonds is 1. The molecule has 0 N–H and O–H groups in total. The summed E-state index contributed by atoms with van der Waals surface area (Å²) in [7, 11) is 0. The average molecular weight is 287 g/mol. The first kappa shape index (κ1) is 12.9. The Morgan fingerprint density at radius 1 is 0.750 bits per heavy atom. The van der Waals surface area contributed by atoms with Crippen molar-refractivity contribution in [3.8, 4) is 0 Å². The third-order valence-corrected chi connectivity index (χ3v) is 5.61.